The maximum Gasteiger partial charge on any atom is 0.340 e. The van der Waals surface area contributed by atoms with E-state index in [1.807, 2.05) is 13.8 Å². The summed E-state index contributed by atoms with van der Waals surface area (Å²) in [6, 6.07) is 7.61. The summed E-state index contributed by atoms with van der Waals surface area (Å²) in [5.41, 5.74) is 0.740. The molecule has 1 amide bonds. The molecule has 9 heteroatoms. The van der Waals surface area contributed by atoms with E-state index in [2.05, 4.69) is 5.32 Å². The molecule has 2 aromatic rings. The Morgan fingerprint density at radius 3 is 2.41 bits per heavy atom. The Labute approximate surface area is 163 Å². The van der Waals surface area contributed by atoms with Gasteiger partial charge in [-0.2, -0.15) is 0 Å². The molecule has 27 heavy (non-hydrogen) atoms. The first-order valence-electron chi connectivity index (χ1n) is 8.14. The molecular formula is C18H22N2O5S2. The molecule has 0 bridgehead atoms. The van der Waals surface area contributed by atoms with Crippen LogP contribution in [0.25, 0.3) is 0 Å². The lowest BCUT2D eigenvalue weighted by Crippen LogP contribution is -2.30. The first kappa shape index (κ1) is 21.1. The van der Waals surface area contributed by atoms with Crippen molar-refractivity contribution in [2.24, 2.45) is 0 Å². The summed E-state index contributed by atoms with van der Waals surface area (Å²) in [7, 11) is -0.761. The first-order valence-corrected chi connectivity index (χ1v) is 10.4. The molecule has 7 nitrogen and oxygen atoms in total. The summed E-state index contributed by atoms with van der Waals surface area (Å²) in [4.78, 5) is 26.4. The largest absolute Gasteiger partial charge is 0.449 e. The highest BCUT2D eigenvalue weighted by Gasteiger charge is 2.22. The summed E-state index contributed by atoms with van der Waals surface area (Å²) in [5, 5.41) is 2.57. The third-order valence-corrected chi connectivity index (χ3v) is 6.57. The molecule has 0 aliphatic rings. The fraction of sp³-hybridized carbons (Fsp3) is 0.333. The van der Waals surface area contributed by atoms with Gasteiger partial charge >= 0.3 is 5.97 Å². The van der Waals surface area contributed by atoms with Gasteiger partial charge in [-0.15, -0.1) is 11.3 Å². The van der Waals surface area contributed by atoms with Gasteiger partial charge in [0, 0.05) is 29.5 Å². The van der Waals surface area contributed by atoms with E-state index >= 15 is 0 Å². The number of nitrogens with zero attached hydrogens (tertiary/aromatic N) is 1. The van der Waals surface area contributed by atoms with Gasteiger partial charge in [-0.05, 0) is 45.0 Å². The highest BCUT2D eigenvalue weighted by molar-refractivity contribution is 7.89. The number of ether oxygens (including phenoxy) is 1. The number of anilines is 1. The number of hydrogen-bond acceptors (Lipinski definition) is 6. The van der Waals surface area contributed by atoms with Crippen LogP contribution in [0.5, 0.6) is 0 Å². The van der Waals surface area contributed by atoms with Crippen molar-refractivity contribution >= 4 is 38.9 Å². The number of benzene rings is 1. The molecule has 0 aliphatic carbocycles. The molecule has 0 spiro atoms. The highest BCUT2D eigenvalue weighted by Crippen LogP contribution is 2.22. The third kappa shape index (κ3) is 4.94. The fourth-order valence-corrected chi connectivity index (χ4v) is 4.16. The van der Waals surface area contributed by atoms with E-state index in [1.54, 1.807) is 12.1 Å². The summed E-state index contributed by atoms with van der Waals surface area (Å²) < 4.78 is 30.7. The molecule has 0 radical (unpaired) electrons. The molecule has 1 aromatic carbocycles. The lowest BCUT2D eigenvalue weighted by molar-refractivity contribution is -0.123. The number of carbonyl (C=O) groups is 2. The SMILES string of the molecule is Cc1cc(C(=O)O[C@@H](C)C(=O)Nc2cccc(S(=O)(=O)N(C)C)c2)c(C)s1. The van der Waals surface area contributed by atoms with Crippen molar-refractivity contribution in [1.29, 1.82) is 0 Å². The zero-order chi connectivity index (χ0) is 20.4. The van der Waals surface area contributed by atoms with Crippen molar-refractivity contribution in [1.82, 2.24) is 4.31 Å². The van der Waals surface area contributed by atoms with Gasteiger partial charge in [-0.25, -0.2) is 17.5 Å². The number of aryl methyl sites for hydroxylation is 2. The molecule has 0 saturated heterocycles. The molecule has 0 aliphatic heterocycles. The van der Waals surface area contributed by atoms with E-state index in [0.717, 1.165) is 14.1 Å². The molecule has 0 unspecified atom stereocenters. The Morgan fingerprint density at radius 2 is 1.85 bits per heavy atom. The van der Waals surface area contributed by atoms with Crippen LogP contribution in [-0.4, -0.2) is 44.8 Å². The zero-order valence-corrected chi connectivity index (χ0v) is 17.4. The summed E-state index contributed by atoms with van der Waals surface area (Å²) in [6.07, 6.45) is -1.04. The van der Waals surface area contributed by atoms with Crippen LogP contribution in [0.15, 0.2) is 35.2 Å². The van der Waals surface area contributed by atoms with Crippen LogP contribution >= 0.6 is 11.3 Å². The standard InChI is InChI=1S/C18H22N2O5S2/c1-11-9-16(13(3)26-11)18(22)25-12(2)17(21)19-14-7-6-8-15(10-14)27(23,24)20(4)5/h6-10,12H,1-5H3,(H,19,21)/t12-/m0/s1. The zero-order valence-electron chi connectivity index (χ0n) is 15.8. The molecule has 1 N–H and O–H groups in total. The number of esters is 1. The monoisotopic (exact) mass is 410 g/mol. The average Bonchev–Trinajstić information content (AvgIpc) is 2.93. The topological polar surface area (TPSA) is 92.8 Å². The molecule has 146 valence electrons. The second-order valence-electron chi connectivity index (χ2n) is 6.18. The van der Waals surface area contributed by atoms with E-state index in [1.165, 1.54) is 50.6 Å². The smallest absolute Gasteiger partial charge is 0.340 e. The van der Waals surface area contributed by atoms with E-state index in [4.69, 9.17) is 4.74 Å². The minimum absolute atomic E-state index is 0.0549. The Bertz CT molecular complexity index is 964. The number of rotatable bonds is 6. The first-order chi connectivity index (χ1) is 12.5. The van der Waals surface area contributed by atoms with E-state index < -0.39 is 28.0 Å². The van der Waals surface area contributed by atoms with Gasteiger partial charge in [0.05, 0.1) is 10.5 Å². The van der Waals surface area contributed by atoms with Crippen LogP contribution in [0, 0.1) is 13.8 Å². The van der Waals surface area contributed by atoms with Crippen molar-refractivity contribution in [3.05, 3.63) is 45.6 Å². The Balaban J connectivity index is 2.08. The fourth-order valence-electron chi connectivity index (χ4n) is 2.30. The van der Waals surface area contributed by atoms with E-state index in [9.17, 15) is 18.0 Å². The molecule has 1 atom stereocenters. The van der Waals surface area contributed by atoms with E-state index in [-0.39, 0.29) is 4.90 Å². The molecule has 1 aromatic heterocycles. The maximum atomic E-state index is 12.3. The molecule has 0 saturated carbocycles. The minimum Gasteiger partial charge on any atom is -0.449 e. The summed E-state index contributed by atoms with van der Waals surface area (Å²) in [6.45, 7) is 5.16. The van der Waals surface area contributed by atoms with Crippen LogP contribution in [-0.2, 0) is 19.6 Å². The van der Waals surface area contributed by atoms with Crippen molar-refractivity contribution in [3.8, 4) is 0 Å². The van der Waals surface area contributed by atoms with Crippen LogP contribution in [0.1, 0.15) is 27.0 Å². The average molecular weight is 411 g/mol. The van der Waals surface area contributed by atoms with Gasteiger partial charge in [0.25, 0.3) is 5.91 Å². The van der Waals surface area contributed by atoms with Gasteiger partial charge in [-0.1, -0.05) is 6.07 Å². The highest BCUT2D eigenvalue weighted by atomic mass is 32.2. The lowest BCUT2D eigenvalue weighted by atomic mass is 10.2. The van der Waals surface area contributed by atoms with Gasteiger partial charge in [-0.3, -0.25) is 4.79 Å². The molecule has 2 rings (SSSR count). The second-order valence-corrected chi connectivity index (χ2v) is 9.79. The van der Waals surface area contributed by atoms with Crippen molar-refractivity contribution in [2.75, 3.05) is 19.4 Å². The van der Waals surface area contributed by atoms with Crippen molar-refractivity contribution in [3.63, 3.8) is 0 Å². The predicted molar refractivity (Wildman–Crippen MR) is 105 cm³/mol. The van der Waals surface area contributed by atoms with Crippen LogP contribution < -0.4 is 5.32 Å². The molecular weight excluding hydrogens is 388 g/mol. The number of sulfonamides is 1. The second kappa shape index (κ2) is 8.20. The Hall–Kier alpha value is -2.23. The van der Waals surface area contributed by atoms with Crippen LogP contribution in [0.2, 0.25) is 0 Å². The minimum atomic E-state index is -3.62. The number of carbonyl (C=O) groups excluding carboxylic acids is 2. The van der Waals surface area contributed by atoms with Crippen LogP contribution in [0.4, 0.5) is 5.69 Å². The number of thiophene rings is 1. The Morgan fingerprint density at radius 1 is 1.19 bits per heavy atom. The maximum absolute atomic E-state index is 12.3. The Kier molecular flexibility index (Phi) is 6.40. The van der Waals surface area contributed by atoms with Crippen LogP contribution in [0.3, 0.4) is 0 Å². The van der Waals surface area contributed by atoms with Gasteiger partial charge in [0.15, 0.2) is 6.10 Å². The van der Waals surface area contributed by atoms with Gasteiger partial charge in [0.2, 0.25) is 10.0 Å². The quantitative estimate of drug-likeness (QED) is 0.739. The number of hydrogen-bond donors (Lipinski definition) is 1. The molecule has 0 fully saturated rings. The lowest BCUT2D eigenvalue weighted by Gasteiger charge is -2.15. The number of amides is 1. The van der Waals surface area contributed by atoms with Gasteiger partial charge < -0.3 is 10.1 Å². The van der Waals surface area contributed by atoms with E-state index in [0.29, 0.717) is 11.3 Å². The summed E-state index contributed by atoms with van der Waals surface area (Å²) >= 11 is 1.48. The molecule has 1 heterocycles. The summed E-state index contributed by atoms with van der Waals surface area (Å²) in [5.74, 6) is -1.12. The van der Waals surface area contributed by atoms with Gasteiger partial charge in [0.1, 0.15) is 0 Å². The number of nitrogens with one attached hydrogen (secondary N) is 1. The van der Waals surface area contributed by atoms with Crippen molar-refractivity contribution in [2.45, 2.75) is 31.8 Å². The normalized spacial score (nSPS) is 12.7. The van der Waals surface area contributed by atoms with Crippen molar-refractivity contribution < 1.29 is 22.7 Å². The third-order valence-electron chi connectivity index (χ3n) is 3.79. The predicted octanol–water partition coefficient (Wildman–Crippen LogP) is 2.80.